The van der Waals surface area contributed by atoms with Gasteiger partial charge in [0.1, 0.15) is 5.67 Å². The molecule has 3 rings (SSSR count). The second kappa shape index (κ2) is 2.94. The highest BCUT2D eigenvalue weighted by molar-refractivity contribution is 5.01. The number of halogens is 1. The van der Waals surface area contributed by atoms with Gasteiger partial charge in [-0.2, -0.15) is 0 Å². The highest BCUT2D eigenvalue weighted by Gasteiger charge is 2.48. The van der Waals surface area contributed by atoms with Gasteiger partial charge in [-0.3, -0.25) is 0 Å². The van der Waals surface area contributed by atoms with E-state index in [-0.39, 0.29) is 6.04 Å². The molecular formula is C12H20FN. The molecule has 0 heterocycles. The minimum Gasteiger partial charge on any atom is -0.327 e. The lowest BCUT2D eigenvalue weighted by molar-refractivity contribution is 0.00992. The number of alkyl halides is 1. The highest BCUT2D eigenvalue weighted by Crippen LogP contribution is 2.53. The maximum Gasteiger partial charge on any atom is 0.114 e. The summed E-state index contributed by atoms with van der Waals surface area (Å²) in [4.78, 5) is 0. The van der Waals surface area contributed by atoms with Crippen molar-refractivity contribution in [2.24, 2.45) is 23.5 Å². The van der Waals surface area contributed by atoms with Crippen molar-refractivity contribution in [3.63, 3.8) is 0 Å². The van der Waals surface area contributed by atoms with Gasteiger partial charge in [-0.1, -0.05) is 6.42 Å². The predicted molar refractivity (Wildman–Crippen MR) is 54.6 cm³/mol. The molecule has 0 amide bonds. The molecule has 14 heavy (non-hydrogen) atoms. The Hall–Kier alpha value is -0.110. The summed E-state index contributed by atoms with van der Waals surface area (Å²) in [5.41, 5.74) is 4.80. The molecule has 2 bridgehead atoms. The summed E-state index contributed by atoms with van der Waals surface area (Å²) in [6.07, 6.45) is 7.57. The van der Waals surface area contributed by atoms with Gasteiger partial charge in [-0.15, -0.1) is 0 Å². The first-order valence-corrected chi connectivity index (χ1v) is 6.09. The van der Waals surface area contributed by atoms with Gasteiger partial charge >= 0.3 is 0 Å². The second-order valence-corrected chi connectivity index (χ2v) is 5.96. The molecule has 3 aliphatic rings. The van der Waals surface area contributed by atoms with Crippen LogP contribution in [0.2, 0.25) is 0 Å². The molecule has 3 atom stereocenters. The molecule has 3 unspecified atom stereocenters. The van der Waals surface area contributed by atoms with Crippen molar-refractivity contribution in [1.82, 2.24) is 0 Å². The molecule has 0 radical (unpaired) electrons. The lowest BCUT2D eigenvalue weighted by Crippen LogP contribution is -2.49. The smallest absolute Gasteiger partial charge is 0.114 e. The van der Waals surface area contributed by atoms with E-state index in [0.29, 0.717) is 18.8 Å². The van der Waals surface area contributed by atoms with E-state index >= 15 is 0 Å². The number of hydrogen-bond acceptors (Lipinski definition) is 1. The Morgan fingerprint density at radius 3 is 2.50 bits per heavy atom. The molecule has 2 N–H and O–H groups in total. The Balaban J connectivity index is 1.58. The topological polar surface area (TPSA) is 26.0 Å². The molecule has 3 fully saturated rings. The fourth-order valence-electron chi connectivity index (χ4n) is 4.14. The third-order valence-electron chi connectivity index (χ3n) is 4.77. The zero-order chi connectivity index (χ0) is 9.76. The van der Waals surface area contributed by atoms with Crippen LogP contribution in [-0.4, -0.2) is 11.7 Å². The molecule has 0 aromatic carbocycles. The molecule has 0 saturated heterocycles. The highest BCUT2D eigenvalue weighted by atomic mass is 19.1. The molecule has 0 aromatic heterocycles. The van der Waals surface area contributed by atoms with E-state index in [1.165, 1.54) is 25.7 Å². The number of nitrogens with two attached hydrogens (primary N) is 1. The van der Waals surface area contributed by atoms with E-state index in [1.54, 1.807) is 0 Å². The zero-order valence-electron chi connectivity index (χ0n) is 8.71. The van der Waals surface area contributed by atoms with Gasteiger partial charge in [-0.05, 0) is 56.3 Å². The average Bonchev–Trinajstić information content (AvgIpc) is 2.61. The Labute approximate surface area is 85.2 Å². The van der Waals surface area contributed by atoms with Crippen LogP contribution in [0.1, 0.15) is 44.9 Å². The van der Waals surface area contributed by atoms with E-state index in [1.807, 2.05) is 0 Å². The number of hydrogen-bond donors (Lipinski definition) is 1. The van der Waals surface area contributed by atoms with Crippen molar-refractivity contribution in [2.45, 2.75) is 56.7 Å². The van der Waals surface area contributed by atoms with E-state index < -0.39 is 5.67 Å². The standard InChI is InChI=1S/C12H20FN/c13-12(6-11(14)7-12)5-10-4-8-1-2-9(10)3-8/h8-11H,1-7,14H2. The van der Waals surface area contributed by atoms with Crippen molar-refractivity contribution in [1.29, 1.82) is 0 Å². The van der Waals surface area contributed by atoms with Crippen molar-refractivity contribution in [3.8, 4) is 0 Å². The quantitative estimate of drug-likeness (QED) is 0.723. The van der Waals surface area contributed by atoms with E-state index in [9.17, 15) is 4.39 Å². The number of fused-ring (bicyclic) bond motifs is 2. The van der Waals surface area contributed by atoms with Crippen LogP contribution in [-0.2, 0) is 0 Å². The lowest BCUT2D eigenvalue weighted by atomic mass is 9.70. The Kier molecular flexibility index (Phi) is 1.92. The summed E-state index contributed by atoms with van der Waals surface area (Å²) in [6, 6.07) is 0.151. The Morgan fingerprint density at radius 1 is 1.21 bits per heavy atom. The van der Waals surface area contributed by atoms with Gasteiger partial charge in [0.15, 0.2) is 0 Å². The largest absolute Gasteiger partial charge is 0.327 e. The van der Waals surface area contributed by atoms with Gasteiger partial charge in [-0.25, -0.2) is 4.39 Å². The summed E-state index contributed by atoms with van der Waals surface area (Å²) in [7, 11) is 0. The van der Waals surface area contributed by atoms with Gasteiger partial charge in [0.2, 0.25) is 0 Å². The van der Waals surface area contributed by atoms with Crippen molar-refractivity contribution in [3.05, 3.63) is 0 Å². The first-order valence-electron chi connectivity index (χ1n) is 6.09. The molecule has 80 valence electrons. The summed E-state index contributed by atoms with van der Waals surface area (Å²) in [6.45, 7) is 0. The van der Waals surface area contributed by atoms with Crippen LogP contribution in [0.25, 0.3) is 0 Å². The fourth-order valence-corrected chi connectivity index (χ4v) is 4.14. The molecule has 3 saturated carbocycles. The predicted octanol–water partition coefficient (Wildman–Crippen LogP) is 2.64. The van der Waals surface area contributed by atoms with Crippen LogP contribution in [0, 0.1) is 17.8 Å². The van der Waals surface area contributed by atoms with Gasteiger partial charge in [0.05, 0.1) is 0 Å². The molecule has 3 aliphatic carbocycles. The SMILES string of the molecule is NC1CC(F)(CC2CC3CCC2C3)C1. The van der Waals surface area contributed by atoms with E-state index in [2.05, 4.69) is 0 Å². The Bertz CT molecular complexity index is 234. The first-order chi connectivity index (χ1) is 6.65. The molecular weight excluding hydrogens is 177 g/mol. The van der Waals surface area contributed by atoms with Gasteiger partial charge in [0, 0.05) is 6.04 Å². The molecule has 0 spiro atoms. The first kappa shape index (κ1) is 9.14. The molecule has 1 nitrogen and oxygen atoms in total. The van der Waals surface area contributed by atoms with E-state index in [4.69, 9.17) is 5.73 Å². The average molecular weight is 197 g/mol. The summed E-state index contributed by atoms with van der Waals surface area (Å²) >= 11 is 0. The van der Waals surface area contributed by atoms with Crippen LogP contribution in [0.15, 0.2) is 0 Å². The molecule has 2 heteroatoms. The van der Waals surface area contributed by atoms with Gasteiger partial charge < -0.3 is 5.73 Å². The molecule has 0 aliphatic heterocycles. The normalized spacial score (nSPS) is 56.1. The van der Waals surface area contributed by atoms with Crippen molar-refractivity contribution >= 4 is 0 Å². The Morgan fingerprint density at radius 2 is 2.00 bits per heavy atom. The summed E-state index contributed by atoms with van der Waals surface area (Å²) in [5, 5.41) is 0. The van der Waals surface area contributed by atoms with Crippen LogP contribution in [0.3, 0.4) is 0 Å². The summed E-state index contributed by atoms with van der Waals surface area (Å²) in [5.74, 6) is 2.51. The van der Waals surface area contributed by atoms with Crippen molar-refractivity contribution in [2.75, 3.05) is 0 Å². The zero-order valence-corrected chi connectivity index (χ0v) is 8.71. The fraction of sp³-hybridized carbons (Fsp3) is 1.00. The van der Waals surface area contributed by atoms with Crippen LogP contribution in [0.4, 0.5) is 4.39 Å². The minimum absolute atomic E-state index is 0.151. The maximum atomic E-state index is 14.1. The minimum atomic E-state index is -0.867. The second-order valence-electron chi connectivity index (χ2n) is 5.96. The van der Waals surface area contributed by atoms with Gasteiger partial charge in [0.25, 0.3) is 0 Å². The van der Waals surface area contributed by atoms with Crippen LogP contribution in [0.5, 0.6) is 0 Å². The van der Waals surface area contributed by atoms with Crippen LogP contribution < -0.4 is 5.73 Å². The van der Waals surface area contributed by atoms with Crippen LogP contribution >= 0.6 is 0 Å². The lowest BCUT2D eigenvalue weighted by Gasteiger charge is -2.42. The summed E-state index contributed by atoms with van der Waals surface area (Å²) < 4.78 is 14.1. The maximum absolute atomic E-state index is 14.1. The molecule has 0 aromatic rings. The number of rotatable bonds is 2. The third kappa shape index (κ3) is 1.39. The van der Waals surface area contributed by atoms with E-state index in [0.717, 1.165) is 18.3 Å². The monoisotopic (exact) mass is 197 g/mol. The third-order valence-corrected chi connectivity index (χ3v) is 4.77. The van der Waals surface area contributed by atoms with Crippen molar-refractivity contribution < 1.29 is 4.39 Å².